The zero-order chi connectivity index (χ0) is 20.9. The Balaban J connectivity index is 0.00000450. The van der Waals surface area contributed by atoms with E-state index in [1.807, 2.05) is 37.3 Å². The highest BCUT2D eigenvalue weighted by Gasteiger charge is 2.09. The fraction of sp³-hybridized carbons (Fsp3) is 0.381. The lowest BCUT2D eigenvalue weighted by atomic mass is 10.1. The van der Waals surface area contributed by atoms with E-state index in [0.29, 0.717) is 31.2 Å². The molecule has 9 heteroatoms. The highest BCUT2D eigenvalue weighted by atomic mass is 127. The Morgan fingerprint density at radius 1 is 1.03 bits per heavy atom. The number of nitrogens with zero attached hydrogens (tertiary/aromatic N) is 1. The summed E-state index contributed by atoms with van der Waals surface area (Å²) in [6, 6.07) is 15.5. The smallest absolute Gasteiger partial charge is 0.387 e. The molecule has 2 rings (SSSR count). The van der Waals surface area contributed by atoms with Crippen LogP contribution in [0.1, 0.15) is 25.0 Å². The van der Waals surface area contributed by atoms with Crippen LogP contribution in [0.2, 0.25) is 0 Å². The Morgan fingerprint density at radius 2 is 1.73 bits per heavy atom. The molecule has 0 aliphatic carbocycles. The summed E-state index contributed by atoms with van der Waals surface area (Å²) in [5.74, 6) is 1.47. The van der Waals surface area contributed by atoms with Gasteiger partial charge in [-0.1, -0.05) is 30.3 Å². The molecular formula is C21H28F2IN3O3. The maximum Gasteiger partial charge on any atom is 0.387 e. The number of rotatable bonds is 11. The van der Waals surface area contributed by atoms with Crippen LogP contribution in [0.3, 0.4) is 0 Å². The number of para-hydroxylation sites is 1. The van der Waals surface area contributed by atoms with Gasteiger partial charge in [0.25, 0.3) is 0 Å². The molecule has 0 spiro atoms. The third-order valence-electron chi connectivity index (χ3n) is 3.88. The van der Waals surface area contributed by atoms with E-state index in [1.54, 1.807) is 12.1 Å². The summed E-state index contributed by atoms with van der Waals surface area (Å²) in [4.78, 5) is 4.37. The van der Waals surface area contributed by atoms with Crippen LogP contribution in [0.15, 0.2) is 59.6 Å². The summed E-state index contributed by atoms with van der Waals surface area (Å²) in [5.41, 5.74) is 0.572. The van der Waals surface area contributed by atoms with Crippen molar-refractivity contribution in [3.05, 3.63) is 60.2 Å². The number of halogens is 3. The van der Waals surface area contributed by atoms with E-state index in [1.165, 1.54) is 12.1 Å². The van der Waals surface area contributed by atoms with Gasteiger partial charge in [0.2, 0.25) is 0 Å². The summed E-state index contributed by atoms with van der Waals surface area (Å²) in [7, 11) is 0. The monoisotopic (exact) mass is 535 g/mol. The van der Waals surface area contributed by atoms with E-state index in [2.05, 4.69) is 20.4 Å². The van der Waals surface area contributed by atoms with E-state index in [9.17, 15) is 13.9 Å². The molecule has 0 heterocycles. The molecule has 0 amide bonds. The third kappa shape index (κ3) is 10.1. The topological polar surface area (TPSA) is 75.1 Å². The SMILES string of the molecule is CCNC(=NCC(O)c1ccc(OC(F)F)cc1)NCCCOc1ccccc1.I. The number of hydrogen-bond donors (Lipinski definition) is 3. The molecule has 0 fully saturated rings. The van der Waals surface area contributed by atoms with Crippen molar-refractivity contribution in [2.45, 2.75) is 26.1 Å². The van der Waals surface area contributed by atoms with Gasteiger partial charge in [-0.05, 0) is 43.2 Å². The van der Waals surface area contributed by atoms with Gasteiger partial charge in [0.15, 0.2) is 5.96 Å². The lowest BCUT2D eigenvalue weighted by Gasteiger charge is -2.14. The van der Waals surface area contributed by atoms with Crippen molar-refractivity contribution in [2.75, 3.05) is 26.2 Å². The summed E-state index contributed by atoms with van der Waals surface area (Å²) >= 11 is 0. The quantitative estimate of drug-likeness (QED) is 0.176. The van der Waals surface area contributed by atoms with Crippen molar-refractivity contribution >= 4 is 29.9 Å². The van der Waals surface area contributed by atoms with Gasteiger partial charge in [-0.3, -0.25) is 4.99 Å². The number of aliphatic hydroxyl groups excluding tert-OH is 1. The van der Waals surface area contributed by atoms with E-state index >= 15 is 0 Å². The minimum atomic E-state index is -2.87. The number of aliphatic hydroxyl groups is 1. The number of hydrogen-bond acceptors (Lipinski definition) is 4. The molecule has 3 N–H and O–H groups in total. The number of nitrogens with one attached hydrogen (secondary N) is 2. The Labute approximate surface area is 192 Å². The highest BCUT2D eigenvalue weighted by Crippen LogP contribution is 2.19. The van der Waals surface area contributed by atoms with Gasteiger partial charge in [-0.2, -0.15) is 8.78 Å². The third-order valence-corrected chi connectivity index (χ3v) is 3.88. The number of guanidine groups is 1. The van der Waals surface area contributed by atoms with E-state index < -0.39 is 12.7 Å². The second-order valence-electron chi connectivity index (χ2n) is 6.12. The molecule has 0 aliphatic rings. The lowest BCUT2D eigenvalue weighted by molar-refractivity contribution is -0.0498. The van der Waals surface area contributed by atoms with Crippen molar-refractivity contribution in [3.63, 3.8) is 0 Å². The van der Waals surface area contributed by atoms with Gasteiger partial charge in [0.05, 0.1) is 19.3 Å². The van der Waals surface area contributed by atoms with Crippen LogP contribution in [0.5, 0.6) is 11.5 Å². The molecule has 2 aromatic carbocycles. The van der Waals surface area contributed by atoms with Crippen molar-refractivity contribution in [1.82, 2.24) is 10.6 Å². The summed E-state index contributed by atoms with van der Waals surface area (Å²) < 4.78 is 34.3. The Morgan fingerprint density at radius 3 is 2.37 bits per heavy atom. The molecular weight excluding hydrogens is 507 g/mol. The summed E-state index contributed by atoms with van der Waals surface area (Å²) in [6.45, 7) is 1.13. The van der Waals surface area contributed by atoms with Crippen molar-refractivity contribution in [2.24, 2.45) is 4.99 Å². The van der Waals surface area contributed by atoms with Crippen molar-refractivity contribution in [3.8, 4) is 11.5 Å². The molecule has 1 atom stereocenters. The van der Waals surface area contributed by atoms with Gasteiger partial charge >= 0.3 is 6.61 Å². The number of ether oxygens (including phenoxy) is 2. The molecule has 0 saturated carbocycles. The zero-order valence-electron chi connectivity index (χ0n) is 16.8. The Bertz CT molecular complexity index is 734. The number of aliphatic imine (C=N–C) groups is 1. The first-order valence-electron chi connectivity index (χ1n) is 9.51. The van der Waals surface area contributed by atoms with Gasteiger partial charge in [0, 0.05) is 13.1 Å². The highest BCUT2D eigenvalue weighted by molar-refractivity contribution is 14.0. The van der Waals surface area contributed by atoms with E-state index in [0.717, 1.165) is 12.2 Å². The molecule has 30 heavy (non-hydrogen) atoms. The normalized spacial score (nSPS) is 12.1. The predicted octanol–water partition coefficient (Wildman–Crippen LogP) is 3.96. The predicted molar refractivity (Wildman–Crippen MR) is 124 cm³/mol. The van der Waals surface area contributed by atoms with Gasteiger partial charge in [0.1, 0.15) is 11.5 Å². The fourth-order valence-electron chi connectivity index (χ4n) is 2.48. The second-order valence-corrected chi connectivity index (χ2v) is 6.12. The van der Waals surface area contributed by atoms with Crippen LogP contribution < -0.4 is 20.1 Å². The van der Waals surface area contributed by atoms with Crippen LogP contribution in [-0.2, 0) is 0 Å². The largest absolute Gasteiger partial charge is 0.494 e. The summed E-state index contributed by atoms with van der Waals surface area (Å²) in [5, 5.41) is 16.6. The molecule has 0 saturated heterocycles. The van der Waals surface area contributed by atoms with Gasteiger partial charge in [-0.25, -0.2) is 0 Å². The molecule has 1 unspecified atom stereocenters. The molecule has 6 nitrogen and oxygen atoms in total. The standard InChI is InChI=1S/C21H27F2N3O3.HI/c1-2-24-21(25-13-6-14-28-17-7-4-3-5-8-17)26-15-19(27)16-9-11-18(12-10-16)29-20(22)23;/h3-5,7-12,19-20,27H,2,6,13-15H2,1H3,(H2,24,25,26);1H. The maximum atomic E-state index is 12.2. The number of alkyl halides is 2. The van der Waals surface area contributed by atoms with E-state index in [-0.39, 0.29) is 36.3 Å². The molecule has 0 radical (unpaired) electrons. The molecule has 0 bridgehead atoms. The van der Waals surface area contributed by atoms with Crippen LogP contribution in [0, 0.1) is 0 Å². The molecule has 2 aromatic rings. The number of benzene rings is 2. The minimum absolute atomic E-state index is 0. The first-order valence-corrected chi connectivity index (χ1v) is 9.51. The van der Waals surface area contributed by atoms with Gasteiger partial charge < -0.3 is 25.2 Å². The first kappa shape index (κ1) is 25.9. The average molecular weight is 535 g/mol. The second kappa shape index (κ2) is 14.8. The van der Waals surface area contributed by atoms with Crippen LogP contribution in [0.25, 0.3) is 0 Å². The Kier molecular flexibility index (Phi) is 12.8. The first-order chi connectivity index (χ1) is 14.1. The van der Waals surface area contributed by atoms with Crippen molar-refractivity contribution < 1.29 is 23.4 Å². The minimum Gasteiger partial charge on any atom is -0.494 e. The Hall–Kier alpha value is -2.14. The zero-order valence-corrected chi connectivity index (χ0v) is 19.1. The summed E-state index contributed by atoms with van der Waals surface area (Å²) in [6.07, 6.45) is -0.0690. The van der Waals surface area contributed by atoms with Crippen LogP contribution >= 0.6 is 24.0 Å². The van der Waals surface area contributed by atoms with Crippen molar-refractivity contribution in [1.29, 1.82) is 0 Å². The van der Waals surface area contributed by atoms with Gasteiger partial charge in [-0.15, -0.1) is 24.0 Å². The van der Waals surface area contributed by atoms with Crippen LogP contribution in [-0.4, -0.2) is 43.9 Å². The average Bonchev–Trinajstić information content (AvgIpc) is 2.72. The molecule has 0 aliphatic heterocycles. The lowest BCUT2D eigenvalue weighted by Crippen LogP contribution is -2.38. The molecule has 166 valence electrons. The maximum absolute atomic E-state index is 12.2. The fourth-order valence-corrected chi connectivity index (χ4v) is 2.48. The van der Waals surface area contributed by atoms with Crippen LogP contribution in [0.4, 0.5) is 8.78 Å². The molecule has 0 aromatic heterocycles. The van der Waals surface area contributed by atoms with E-state index in [4.69, 9.17) is 4.74 Å².